The number of anilines is 1. The Hall–Kier alpha value is -2.23. The first kappa shape index (κ1) is 22.9. The number of halogens is 2. The van der Waals surface area contributed by atoms with Gasteiger partial charge in [0.25, 0.3) is 10.0 Å². The molecular weight excluding hydrogens is 491 g/mol. The highest BCUT2D eigenvalue weighted by Gasteiger charge is 2.40. The number of carbonyl (C=O) groups excluding carboxylic acids is 2. The first-order valence-electron chi connectivity index (χ1n) is 9.74. The molecule has 3 aromatic rings. The standard InChI is InChI=1S/C22H18Cl2N2O4S2/c23-14-9-10-18(16(13-14)21(27)15-5-1-2-6-17(15)24)25-22(28)19-7-3-11-26(19)32(29,30)20-8-4-12-31-20/h1-2,4-6,8-10,12-13,19H,3,7,11H2,(H,25,28). The largest absolute Gasteiger partial charge is 0.324 e. The van der Waals surface area contributed by atoms with E-state index in [2.05, 4.69) is 5.32 Å². The van der Waals surface area contributed by atoms with Gasteiger partial charge in [-0.25, -0.2) is 8.42 Å². The lowest BCUT2D eigenvalue weighted by molar-refractivity contribution is -0.119. The number of sulfonamides is 1. The Morgan fingerprint density at radius 1 is 1.03 bits per heavy atom. The Kier molecular flexibility index (Phi) is 6.69. The van der Waals surface area contributed by atoms with Crippen molar-refractivity contribution in [2.75, 3.05) is 11.9 Å². The quantitative estimate of drug-likeness (QED) is 0.470. The average molecular weight is 509 g/mol. The predicted octanol–water partition coefficient (Wildman–Crippen LogP) is 5.08. The van der Waals surface area contributed by atoms with Crippen LogP contribution in [0.15, 0.2) is 64.2 Å². The van der Waals surface area contributed by atoms with Crippen LogP contribution in [0, 0.1) is 0 Å². The molecule has 1 N–H and O–H groups in total. The number of nitrogens with one attached hydrogen (secondary N) is 1. The molecule has 4 rings (SSSR count). The number of carbonyl (C=O) groups is 2. The fourth-order valence-corrected chi connectivity index (χ4v) is 6.81. The lowest BCUT2D eigenvalue weighted by Gasteiger charge is -2.23. The Morgan fingerprint density at radius 3 is 2.53 bits per heavy atom. The molecule has 1 saturated heterocycles. The summed E-state index contributed by atoms with van der Waals surface area (Å²) in [5, 5.41) is 5.01. The van der Waals surface area contributed by atoms with Gasteiger partial charge in [-0.1, -0.05) is 41.4 Å². The molecule has 32 heavy (non-hydrogen) atoms. The van der Waals surface area contributed by atoms with Gasteiger partial charge in [-0.05, 0) is 54.6 Å². The van der Waals surface area contributed by atoms with Crippen LogP contribution in [-0.2, 0) is 14.8 Å². The summed E-state index contributed by atoms with van der Waals surface area (Å²) in [5.41, 5.74) is 0.684. The maximum atomic E-state index is 13.1. The van der Waals surface area contributed by atoms with Crippen molar-refractivity contribution >= 4 is 61.9 Å². The molecule has 1 amide bonds. The molecule has 2 aromatic carbocycles. The van der Waals surface area contributed by atoms with Crippen LogP contribution < -0.4 is 5.32 Å². The van der Waals surface area contributed by atoms with E-state index in [1.165, 1.54) is 22.5 Å². The van der Waals surface area contributed by atoms with Gasteiger partial charge in [0.1, 0.15) is 10.3 Å². The Balaban J connectivity index is 1.63. The smallest absolute Gasteiger partial charge is 0.253 e. The molecule has 1 aliphatic heterocycles. The van der Waals surface area contributed by atoms with Crippen LogP contribution >= 0.6 is 34.5 Å². The fraction of sp³-hybridized carbons (Fsp3) is 0.182. The Bertz CT molecular complexity index is 1280. The third-order valence-corrected chi connectivity index (χ3v) is 9.01. The van der Waals surface area contributed by atoms with E-state index in [9.17, 15) is 18.0 Å². The molecule has 1 unspecified atom stereocenters. The summed E-state index contributed by atoms with van der Waals surface area (Å²) in [4.78, 5) is 26.2. The Labute approximate surface area is 199 Å². The van der Waals surface area contributed by atoms with Crippen molar-refractivity contribution in [3.63, 3.8) is 0 Å². The van der Waals surface area contributed by atoms with Gasteiger partial charge in [0.05, 0.1) is 10.7 Å². The van der Waals surface area contributed by atoms with Crippen molar-refractivity contribution in [1.29, 1.82) is 0 Å². The maximum absolute atomic E-state index is 13.1. The minimum atomic E-state index is -3.78. The molecule has 166 valence electrons. The predicted molar refractivity (Wildman–Crippen MR) is 126 cm³/mol. The summed E-state index contributed by atoms with van der Waals surface area (Å²) in [6.45, 7) is 0.254. The van der Waals surface area contributed by atoms with E-state index < -0.39 is 27.8 Å². The highest BCUT2D eigenvalue weighted by molar-refractivity contribution is 7.91. The molecule has 0 bridgehead atoms. The zero-order chi connectivity index (χ0) is 22.9. The van der Waals surface area contributed by atoms with Crippen molar-refractivity contribution in [3.05, 3.63) is 81.1 Å². The van der Waals surface area contributed by atoms with E-state index in [0.717, 1.165) is 11.3 Å². The van der Waals surface area contributed by atoms with E-state index >= 15 is 0 Å². The lowest BCUT2D eigenvalue weighted by Crippen LogP contribution is -2.43. The number of benzene rings is 2. The molecule has 0 spiro atoms. The zero-order valence-electron chi connectivity index (χ0n) is 16.6. The van der Waals surface area contributed by atoms with E-state index in [1.54, 1.807) is 41.8 Å². The molecule has 1 aromatic heterocycles. The van der Waals surface area contributed by atoms with E-state index in [4.69, 9.17) is 23.2 Å². The lowest BCUT2D eigenvalue weighted by atomic mass is 10.0. The summed E-state index contributed by atoms with van der Waals surface area (Å²) >= 11 is 13.4. The molecule has 6 nitrogen and oxygen atoms in total. The van der Waals surface area contributed by atoms with Crippen LogP contribution in [0.3, 0.4) is 0 Å². The monoisotopic (exact) mass is 508 g/mol. The van der Waals surface area contributed by atoms with Gasteiger partial charge in [0.15, 0.2) is 5.78 Å². The van der Waals surface area contributed by atoms with E-state index in [1.807, 2.05) is 0 Å². The second-order valence-electron chi connectivity index (χ2n) is 7.19. The molecule has 10 heteroatoms. The highest BCUT2D eigenvalue weighted by Crippen LogP contribution is 2.31. The molecule has 2 heterocycles. The molecule has 1 fully saturated rings. The summed E-state index contributed by atoms with van der Waals surface area (Å²) in [6.07, 6.45) is 0.951. The number of ketones is 1. The second-order valence-corrected chi connectivity index (χ2v) is 11.1. The number of rotatable bonds is 6. The number of thiophene rings is 1. The zero-order valence-corrected chi connectivity index (χ0v) is 19.8. The molecule has 1 atom stereocenters. The summed E-state index contributed by atoms with van der Waals surface area (Å²) in [7, 11) is -3.78. The van der Waals surface area contributed by atoms with Crippen LogP contribution in [0.2, 0.25) is 10.0 Å². The maximum Gasteiger partial charge on any atom is 0.253 e. The van der Waals surface area contributed by atoms with Crippen molar-refractivity contribution in [2.24, 2.45) is 0 Å². The number of nitrogens with zero attached hydrogens (tertiary/aromatic N) is 1. The van der Waals surface area contributed by atoms with Crippen LogP contribution in [0.25, 0.3) is 0 Å². The van der Waals surface area contributed by atoms with E-state index in [0.29, 0.717) is 17.9 Å². The van der Waals surface area contributed by atoms with Gasteiger partial charge in [0, 0.05) is 22.7 Å². The summed E-state index contributed by atoms with van der Waals surface area (Å²) in [6, 6.07) is 13.4. The minimum Gasteiger partial charge on any atom is -0.324 e. The SMILES string of the molecule is O=C(c1ccccc1Cl)c1cc(Cl)ccc1NC(=O)C1CCCN1S(=O)(=O)c1cccs1. The number of amides is 1. The first-order chi connectivity index (χ1) is 15.3. The van der Waals surface area contributed by atoms with Gasteiger partial charge in [-0.15, -0.1) is 11.3 Å². The average Bonchev–Trinajstić information content (AvgIpc) is 3.48. The van der Waals surface area contributed by atoms with Crippen LogP contribution in [0.1, 0.15) is 28.8 Å². The van der Waals surface area contributed by atoms with Crippen molar-refractivity contribution in [1.82, 2.24) is 4.31 Å². The molecular formula is C22H18Cl2N2O4S2. The second kappa shape index (κ2) is 9.33. The topological polar surface area (TPSA) is 83.6 Å². The van der Waals surface area contributed by atoms with Gasteiger partial charge in [0.2, 0.25) is 5.91 Å². The van der Waals surface area contributed by atoms with Crippen molar-refractivity contribution < 1.29 is 18.0 Å². The fourth-order valence-electron chi connectivity index (χ4n) is 3.64. The Morgan fingerprint density at radius 2 is 1.81 bits per heavy atom. The molecule has 0 radical (unpaired) electrons. The highest BCUT2D eigenvalue weighted by atomic mass is 35.5. The van der Waals surface area contributed by atoms with Gasteiger partial charge in [-0.2, -0.15) is 4.31 Å². The molecule has 1 aliphatic rings. The number of hydrogen-bond donors (Lipinski definition) is 1. The number of hydrogen-bond acceptors (Lipinski definition) is 5. The van der Waals surface area contributed by atoms with Gasteiger partial charge < -0.3 is 5.32 Å². The third kappa shape index (κ3) is 4.46. The van der Waals surface area contributed by atoms with Gasteiger partial charge >= 0.3 is 0 Å². The molecule has 0 aliphatic carbocycles. The summed E-state index contributed by atoms with van der Waals surface area (Å²) < 4.78 is 27.4. The van der Waals surface area contributed by atoms with Crippen LogP contribution in [0.4, 0.5) is 5.69 Å². The van der Waals surface area contributed by atoms with Crippen LogP contribution in [0.5, 0.6) is 0 Å². The third-order valence-electron chi connectivity index (χ3n) is 5.17. The first-order valence-corrected chi connectivity index (χ1v) is 12.8. The minimum absolute atomic E-state index is 0.171. The van der Waals surface area contributed by atoms with Gasteiger partial charge in [-0.3, -0.25) is 9.59 Å². The van der Waals surface area contributed by atoms with E-state index in [-0.39, 0.29) is 32.6 Å². The van der Waals surface area contributed by atoms with Crippen LogP contribution in [-0.4, -0.2) is 37.0 Å². The van der Waals surface area contributed by atoms with Crippen molar-refractivity contribution in [3.8, 4) is 0 Å². The molecule has 0 saturated carbocycles. The summed E-state index contributed by atoms with van der Waals surface area (Å²) in [5.74, 6) is -0.902. The van der Waals surface area contributed by atoms with Crippen molar-refractivity contribution in [2.45, 2.75) is 23.1 Å². The normalized spacial score (nSPS) is 16.8.